The zero-order valence-corrected chi connectivity index (χ0v) is 12.4. The number of nitrogens with one attached hydrogen (secondary N) is 1. The van der Waals surface area contributed by atoms with Crippen molar-refractivity contribution in [2.24, 2.45) is 0 Å². The third-order valence-electron chi connectivity index (χ3n) is 3.36. The number of benzene rings is 1. The van der Waals surface area contributed by atoms with Gasteiger partial charge in [-0.15, -0.1) is 0 Å². The van der Waals surface area contributed by atoms with E-state index in [1.165, 1.54) is 5.56 Å². The fourth-order valence-electron chi connectivity index (χ4n) is 2.34. The summed E-state index contributed by atoms with van der Waals surface area (Å²) in [6.07, 6.45) is 1.86. The van der Waals surface area contributed by atoms with Gasteiger partial charge in [-0.1, -0.05) is 30.3 Å². The number of rotatable bonds is 7. The molecule has 0 fully saturated rings. The molecule has 21 heavy (non-hydrogen) atoms. The fourth-order valence-corrected chi connectivity index (χ4v) is 2.34. The number of hydrogen-bond acceptors (Lipinski definition) is 4. The van der Waals surface area contributed by atoms with Crippen LogP contribution in [0.25, 0.3) is 0 Å². The molecule has 0 aliphatic carbocycles. The molecule has 1 N–H and O–H groups in total. The van der Waals surface area contributed by atoms with Crippen LogP contribution in [0.5, 0.6) is 0 Å². The maximum Gasteiger partial charge on any atom is 0.333 e. The van der Waals surface area contributed by atoms with Crippen molar-refractivity contribution in [1.29, 1.82) is 0 Å². The molecule has 6 heteroatoms. The van der Waals surface area contributed by atoms with E-state index in [9.17, 15) is 10.1 Å². The Morgan fingerprint density at radius 1 is 1.33 bits per heavy atom. The first kappa shape index (κ1) is 15.0. The summed E-state index contributed by atoms with van der Waals surface area (Å²) in [7, 11) is 0. The van der Waals surface area contributed by atoms with E-state index in [0.717, 1.165) is 12.8 Å². The molecule has 0 bridgehead atoms. The van der Waals surface area contributed by atoms with Crippen molar-refractivity contribution in [1.82, 2.24) is 9.78 Å². The maximum atomic E-state index is 11.1. The normalized spacial score (nSPS) is 10.6. The Morgan fingerprint density at radius 2 is 2.05 bits per heavy atom. The van der Waals surface area contributed by atoms with Gasteiger partial charge in [0.1, 0.15) is 5.69 Å². The van der Waals surface area contributed by atoms with Crippen LogP contribution in [0.1, 0.15) is 24.6 Å². The van der Waals surface area contributed by atoms with Gasteiger partial charge in [-0.25, -0.2) is 4.68 Å². The standard InChI is InChI=1S/C15H20N4O2/c1-3-18-15(14(19(20)21)12(2)17-18)16-11-7-10-13-8-5-4-6-9-13/h4-6,8-9,16H,3,7,10-11H2,1-2H3. The summed E-state index contributed by atoms with van der Waals surface area (Å²) < 4.78 is 1.65. The minimum Gasteiger partial charge on any atom is -0.365 e. The molecule has 2 aromatic rings. The van der Waals surface area contributed by atoms with E-state index in [-0.39, 0.29) is 10.6 Å². The Balaban J connectivity index is 1.98. The molecule has 0 atom stereocenters. The van der Waals surface area contributed by atoms with Crippen LogP contribution < -0.4 is 5.32 Å². The molecule has 0 saturated carbocycles. The highest BCUT2D eigenvalue weighted by Gasteiger charge is 2.24. The van der Waals surface area contributed by atoms with Crippen molar-refractivity contribution in [3.05, 3.63) is 51.7 Å². The molecule has 0 spiro atoms. The zero-order valence-electron chi connectivity index (χ0n) is 12.4. The van der Waals surface area contributed by atoms with Crippen LogP contribution >= 0.6 is 0 Å². The van der Waals surface area contributed by atoms with Crippen LogP contribution in [0.4, 0.5) is 11.5 Å². The first-order valence-corrected chi connectivity index (χ1v) is 7.13. The Labute approximate surface area is 123 Å². The molecule has 0 aliphatic rings. The number of nitro groups is 1. The van der Waals surface area contributed by atoms with Gasteiger partial charge in [-0.05, 0) is 32.3 Å². The SMILES string of the molecule is CCn1nc(C)c([N+](=O)[O-])c1NCCCc1ccccc1. The summed E-state index contributed by atoms with van der Waals surface area (Å²) in [6.45, 7) is 4.88. The highest BCUT2D eigenvalue weighted by atomic mass is 16.6. The minimum absolute atomic E-state index is 0.0801. The first-order chi connectivity index (χ1) is 10.1. The molecular weight excluding hydrogens is 268 g/mol. The van der Waals surface area contributed by atoms with Gasteiger partial charge in [-0.3, -0.25) is 10.1 Å². The van der Waals surface area contributed by atoms with Crippen molar-refractivity contribution in [2.45, 2.75) is 33.2 Å². The topological polar surface area (TPSA) is 73.0 Å². The van der Waals surface area contributed by atoms with E-state index >= 15 is 0 Å². The van der Waals surface area contributed by atoms with Gasteiger partial charge in [0.25, 0.3) is 0 Å². The van der Waals surface area contributed by atoms with Crippen LogP contribution in [0.3, 0.4) is 0 Å². The number of aryl methyl sites for hydroxylation is 3. The second-order valence-electron chi connectivity index (χ2n) is 4.87. The van der Waals surface area contributed by atoms with Crippen LogP contribution in [-0.4, -0.2) is 21.2 Å². The largest absolute Gasteiger partial charge is 0.365 e. The Morgan fingerprint density at radius 3 is 2.67 bits per heavy atom. The average Bonchev–Trinajstić information content (AvgIpc) is 2.80. The van der Waals surface area contributed by atoms with Gasteiger partial charge in [0.15, 0.2) is 0 Å². The first-order valence-electron chi connectivity index (χ1n) is 7.13. The Kier molecular flexibility index (Phi) is 4.92. The number of hydrogen-bond donors (Lipinski definition) is 1. The summed E-state index contributed by atoms with van der Waals surface area (Å²) in [6, 6.07) is 10.2. The zero-order chi connectivity index (χ0) is 15.2. The van der Waals surface area contributed by atoms with Gasteiger partial charge in [-0.2, -0.15) is 5.10 Å². The lowest BCUT2D eigenvalue weighted by Gasteiger charge is -2.07. The van der Waals surface area contributed by atoms with Gasteiger partial charge < -0.3 is 5.32 Å². The number of aromatic nitrogens is 2. The second-order valence-corrected chi connectivity index (χ2v) is 4.87. The van der Waals surface area contributed by atoms with Gasteiger partial charge >= 0.3 is 5.69 Å². The molecule has 1 aromatic heterocycles. The average molecular weight is 288 g/mol. The summed E-state index contributed by atoms with van der Waals surface area (Å²) in [4.78, 5) is 10.8. The smallest absolute Gasteiger partial charge is 0.333 e. The molecule has 1 heterocycles. The van der Waals surface area contributed by atoms with Crippen molar-refractivity contribution < 1.29 is 4.92 Å². The summed E-state index contributed by atoms with van der Waals surface area (Å²) in [5, 5.41) is 18.5. The molecule has 1 aromatic carbocycles. The monoisotopic (exact) mass is 288 g/mol. The summed E-state index contributed by atoms with van der Waals surface area (Å²) in [5.74, 6) is 0.507. The van der Waals surface area contributed by atoms with Crippen molar-refractivity contribution in [3.63, 3.8) is 0 Å². The second kappa shape index (κ2) is 6.88. The van der Waals surface area contributed by atoms with E-state index < -0.39 is 0 Å². The predicted octanol–water partition coefficient (Wildman–Crippen LogP) is 3.16. The van der Waals surface area contributed by atoms with Gasteiger partial charge in [0.2, 0.25) is 5.82 Å². The van der Waals surface area contributed by atoms with E-state index in [2.05, 4.69) is 22.5 Å². The molecule has 0 aliphatic heterocycles. The van der Waals surface area contributed by atoms with E-state index in [4.69, 9.17) is 0 Å². The van der Waals surface area contributed by atoms with Gasteiger partial charge in [0, 0.05) is 13.1 Å². The van der Waals surface area contributed by atoms with Crippen molar-refractivity contribution in [3.8, 4) is 0 Å². The molecule has 0 saturated heterocycles. The Hall–Kier alpha value is -2.37. The quantitative estimate of drug-likeness (QED) is 0.482. The van der Waals surface area contributed by atoms with Crippen LogP contribution in [0.2, 0.25) is 0 Å². The van der Waals surface area contributed by atoms with Crippen molar-refractivity contribution >= 4 is 11.5 Å². The summed E-state index contributed by atoms with van der Waals surface area (Å²) >= 11 is 0. The van der Waals surface area contributed by atoms with Crippen LogP contribution in [0, 0.1) is 17.0 Å². The Bertz CT molecular complexity index is 608. The highest BCUT2D eigenvalue weighted by molar-refractivity contribution is 5.59. The molecule has 112 valence electrons. The lowest BCUT2D eigenvalue weighted by Crippen LogP contribution is -2.10. The summed E-state index contributed by atoms with van der Waals surface area (Å²) in [5.41, 5.74) is 1.80. The van der Waals surface area contributed by atoms with E-state index in [1.807, 2.05) is 25.1 Å². The molecular formula is C15H20N4O2. The third-order valence-corrected chi connectivity index (χ3v) is 3.36. The molecule has 0 amide bonds. The van der Waals surface area contributed by atoms with Crippen LogP contribution in [0.15, 0.2) is 30.3 Å². The lowest BCUT2D eigenvalue weighted by molar-refractivity contribution is -0.384. The van der Waals surface area contributed by atoms with Crippen molar-refractivity contribution in [2.75, 3.05) is 11.9 Å². The number of anilines is 1. The lowest BCUT2D eigenvalue weighted by atomic mass is 10.1. The third kappa shape index (κ3) is 3.59. The van der Waals surface area contributed by atoms with Crippen LogP contribution in [-0.2, 0) is 13.0 Å². The number of nitrogens with zero attached hydrogens (tertiary/aromatic N) is 3. The minimum atomic E-state index is -0.367. The van der Waals surface area contributed by atoms with Gasteiger partial charge in [0.05, 0.1) is 4.92 Å². The molecule has 6 nitrogen and oxygen atoms in total. The van der Waals surface area contributed by atoms with E-state index in [1.54, 1.807) is 11.6 Å². The molecule has 0 unspecified atom stereocenters. The fraction of sp³-hybridized carbons (Fsp3) is 0.400. The highest BCUT2D eigenvalue weighted by Crippen LogP contribution is 2.28. The molecule has 0 radical (unpaired) electrons. The predicted molar refractivity (Wildman–Crippen MR) is 82.5 cm³/mol. The maximum absolute atomic E-state index is 11.1. The van der Waals surface area contributed by atoms with E-state index in [0.29, 0.717) is 24.6 Å². The molecule has 2 rings (SSSR count).